The Morgan fingerprint density at radius 2 is 1.95 bits per heavy atom. The number of thioether (sulfide) groups is 1. The van der Waals surface area contributed by atoms with Crippen LogP contribution in [0.4, 0.5) is 0 Å². The van der Waals surface area contributed by atoms with Crippen LogP contribution in [0.1, 0.15) is 15.9 Å². The fourth-order valence-corrected chi connectivity index (χ4v) is 2.12. The van der Waals surface area contributed by atoms with Gasteiger partial charge < -0.3 is 0 Å². The number of ketones is 1. The third-order valence-corrected chi connectivity index (χ3v) is 3.35. The summed E-state index contributed by atoms with van der Waals surface area (Å²) < 4.78 is 0. The molecule has 0 saturated heterocycles. The summed E-state index contributed by atoms with van der Waals surface area (Å²) in [6.45, 7) is 1.94. The number of benzene rings is 1. The SMILES string of the molecule is Cc1ccc(C(=O)CSc2n[nH]c(=O)[nH]c2=O)cc1. The van der Waals surface area contributed by atoms with Crippen LogP contribution in [0.5, 0.6) is 0 Å². The normalized spacial score (nSPS) is 10.4. The average molecular weight is 277 g/mol. The number of nitrogens with one attached hydrogen (secondary N) is 2. The lowest BCUT2D eigenvalue weighted by Crippen LogP contribution is -2.25. The van der Waals surface area contributed by atoms with Crippen LogP contribution >= 0.6 is 11.8 Å². The lowest BCUT2D eigenvalue weighted by Gasteiger charge is -2.00. The van der Waals surface area contributed by atoms with Crippen molar-refractivity contribution in [1.82, 2.24) is 15.2 Å². The number of carbonyl (C=O) groups is 1. The molecule has 1 aromatic heterocycles. The highest BCUT2D eigenvalue weighted by molar-refractivity contribution is 7.99. The average Bonchev–Trinajstić information content (AvgIpc) is 2.38. The predicted octanol–water partition coefficient (Wildman–Crippen LogP) is 0.742. The molecule has 2 N–H and O–H groups in total. The molecule has 0 bridgehead atoms. The lowest BCUT2D eigenvalue weighted by atomic mass is 10.1. The molecule has 2 rings (SSSR count). The number of hydrogen-bond acceptors (Lipinski definition) is 5. The number of aromatic nitrogens is 3. The highest BCUT2D eigenvalue weighted by atomic mass is 32.2. The number of carbonyl (C=O) groups excluding carboxylic acids is 1. The number of Topliss-reactive ketones (excluding diaryl/α,β-unsaturated/α-hetero) is 1. The van der Waals surface area contributed by atoms with Crippen molar-refractivity contribution in [1.29, 1.82) is 0 Å². The smallest absolute Gasteiger partial charge is 0.293 e. The monoisotopic (exact) mass is 277 g/mol. The van der Waals surface area contributed by atoms with Crippen molar-refractivity contribution in [3.63, 3.8) is 0 Å². The van der Waals surface area contributed by atoms with Crippen molar-refractivity contribution >= 4 is 17.5 Å². The molecule has 7 heteroatoms. The molecule has 0 atom stereocenters. The van der Waals surface area contributed by atoms with Crippen LogP contribution in [0.3, 0.4) is 0 Å². The van der Waals surface area contributed by atoms with Crippen molar-refractivity contribution in [2.75, 3.05) is 5.75 Å². The van der Waals surface area contributed by atoms with Crippen molar-refractivity contribution in [3.8, 4) is 0 Å². The third kappa shape index (κ3) is 3.41. The second-order valence-corrected chi connectivity index (χ2v) is 4.85. The summed E-state index contributed by atoms with van der Waals surface area (Å²) >= 11 is 0.988. The first-order chi connectivity index (χ1) is 9.06. The number of aromatic amines is 2. The summed E-state index contributed by atoms with van der Waals surface area (Å²) in [6, 6.07) is 7.18. The van der Waals surface area contributed by atoms with Gasteiger partial charge in [-0.05, 0) is 6.92 Å². The molecule has 0 unspecified atom stereocenters. The third-order valence-electron chi connectivity index (χ3n) is 2.39. The summed E-state index contributed by atoms with van der Waals surface area (Å²) in [5.74, 6) is -0.0112. The molecule has 1 aromatic carbocycles. The van der Waals surface area contributed by atoms with Crippen molar-refractivity contribution in [3.05, 3.63) is 56.2 Å². The van der Waals surface area contributed by atoms with E-state index in [2.05, 4.69) is 10.2 Å². The highest BCUT2D eigenvalue weighted by Crippen LogP contribution is 2.12. The van der Waals surface area contributed by atoms with Gasteiger partial charge in [-0.25, -0.2) is 9.89 Å². The number of H-pyrrole nitrogens is 2. The van der Waals surface area contributed by atoms with Crippen LogP contribution in [-0.4, -0.2) is 26.7 Å². The number of rotatable bonds is 4. The van der Waals surface area contributed by atoms with Gasteiger partial charge in [-0.2, -0.15) is 5.10 Å². The Labute approximate surface area is 112 Å². The first-order valence-corrected chi connectivity index (χ1v) is 6.46. The Morgan fingerprint density at radius 3 is 2.58 bits per heavy atom. The van der Waals surface area contributed by atoms with Crippen molar-refractivity contribution in [2.24, 2.45) is 0 Å². The van der Waals surface area contributed by atoms with Gasteiger partial charge in [0.1, 0.15) is 0 Å². The predicted molar refractivity (Wildman–Crippen MR) is 71.7 cm³/mol. The zero-order valence-electron chi connectivity index (χ0n) is 10.1. The molecule has 6 nitrogen and oxygen atoms in total. The standard InChI is InChI=1S/C12H11N3O3S/c1-7-2-4-8(5-3-7)9(16)6-19-11-10(17)13-12(18)15-14-11/h2-5H,6H2,1H3,(H2,13,15,17,18). The molecule has 0 amide bonds. The molecule has 1 heterocycles. The van der Waals surface area contributed by atoms with Crippen molar-refractivity contribution < 1.29 is 4.79 Å². The van der Waals surface area contributed by atoms with Gasteiger partial charge in [-0.3, -0.25) is 14.6 Å². The van der Waals surface area contributed by atoms with Crippen LogP contribution in [-0.2, 0) is 0 Å². The van der Waals surface area contributed by atoms with Crippen LogP contribution in [0.2, 0.25) is 0 Å². The summed E-state index contributed by atoms with van der Waals surface area (Å²) in [6.07, 6.45) is 0. The zero-order valence-corrected chi connectivity index (χ0v) is 10.9. The van der Waals surface area contributed by atoms with E-state index < -0.39 is 11.2 Å². The van der Waals surface area contributed by atoms with Gasteiger partial charge in [0.2, 0.25) is 0 Å². The Morgan fingerprint density at radius 1 is 1.26 bits per heavy atom. The molecule has 0 spiro atoms. The molecule has 0 fully saturated rings. The highest BCUT2D eigenvalue weighted by Gasteiger charge is 2.09. The summed E-state index contributed by atoms with van der Waals surface area (Å²) in [7, 11) is 0. The van der Waals surface area contributed by atoms with E-state index in [1.165, 1.54) is 0 Å². The molecule has 0 aliphatic heterocycles. The summed E-state index contributed by atoms with van der Waals surface area (Å²) in [4.78, 5) is 36.1. The quantitative estimate of drug-likeness (QED) is 0.635. The minimum atomic E-state index is -0.667. The first kappa shape index (κ1) is 13.3. The van der Waals surface area contributed by atoms with Gasteiger partial charge in [0.25, 0.3) is 5.56 Å². The van der Waals surface area contributed by atoms with Crippen LogP contribution in [0, 0.1) is 6.92 Å². The molecule has 98 valence electrons. The Balaban J connectivity index is 2.06. The second kappa shape index (κ2) is 5.66. The molecule has 0 saturated carbocycles. The van der Waals surface area contributed by atoms with Gasteiger partial charge >= 0.3 is 5.69 Å². The first-order valence-electron chi connectivity index (χ1n) is 5.48. The number of hydrogen-bond donors (Lipinski definition) is 2. The molecular weight excluding hydrogens is 266 g/mol. The van der Waals surface area contributed by atoms with E-state index in [1.54, 1.807) is 12.1 Å². The number of nitrogens with zero attached hydrogens (tertiary/aromatic N) is 1. The van der Waals surface area contributed by atoms with E-state index in [1.807, 2.05) is 24.0 Å². The van der Waals surface area contributed by atoms with Crippen LogP contribution < -0.4 is 11.2 Å². The van der Waals surface area contributed by atoms with E-state index in [0.717, 1.165) is 17.3 Å². The van der Waals surface area contributed by atoms with Gasteiger partial charge in [0.05, 0.1) is 5.75 Å². The maximum Gasteiger partial charge on any atom is 0.342 e. The maximum absolute atomic E-state index is 11.9. The minimum absolute atomic E-state index is 0.0695. The van der Waals surface area contributed by atoms with Crippen molar-refractivity contribution in [2.45, 2.75) is 11.9 Å². The Kier molecular flexibility index (Phi) is 3.96. The van der Waals surface area contributed by atoms with E-state index in [-0.39, 0.29) is 16.6 Å². The number of aryl methyl sites for hydroxylation is 1. The molecular formula is C12H11N3O3S. The largest absolute Gasteiger partial charge is 0.342 e. The van der Waals surface area contributed by atoms with Gasteiger partial charge in [-0.15, -0.1) is 0 Å². The maximum atomic E-state index is 11.9. The summed E-state index contributed by atoms with van der Waals surface area (Å²) in [5, 5.41) is 5.77. The fraction of sp³-hybridized carbons (Fsp3) is 0.167. The minimum Gasteiger partial charge on any atom is -0.293 e. The van der Waals surface area contributed by atoms with Crippen LogP contribution in [0.25, 0.3) is 0 Å². The molecule has 2 aromatic rings. The molecule has 0 radical (unpaired) electrons. The molecule has 0 aliphatic carbocycles. The molecule has 0 aliphatic rings. The van der Waals surface area contributed by atoms with Gasteiger partial charge in [0, 0.05) is 5.56 Å². The van der Waals surface area contributed by atoms with Crippen LogP contribution in [0.15, 0.2) is 38.9 Å². The van der Waals surface area contributed by atoms with Gasteiger partial charge in [-0.1, -0.05) is 41.6 Å². The van der Waals surface area contributed by atoms with E-state index in [4.69, 9.17) is 0 Å². The topological polar surface area (TPSA) is 95.7 Å². The van der Waals surface area contributed by atoms with E-state index >= 15 is 0 Å². The summed E-state index contributed by atoms with van der Waals surface area (Å²) in [5.41, 5.74) is 0.395. The van der Waals surface area contributed by atoms with Gasteiger partial charge in [0.15, 0.2) is 10.8 Å². The van der Waals surface area contributed by atoms with E-state index in [0.29, 0.717) is 5.56 Å². The Bertz CT molecular complexity index is 703. The lowest BCUT2D eigenvalue weighted by molar-refractivity contribution is 0.102. The zero-order chi connectivity index (χ0) is 13.8. The fourth-order valence-electron chi connectivity index (χ4n) is 1.39. The van der Waals surface area contributed by atoms with E-state index in [9.17, 15) is 14.4 Å². The Hall–Kier alpha value is -2.15. The second-order valence-electron chi connectivity index (χ2n) is 3.89. The molecule has 19 heavy (non-hydrogen) atoms.